The number of hydrogen-bond acceptors (Lipinski definition) is 4. The molecule has 0 aromatic carbocycles. The van der Waals surface area contributed by atoms with Crippen LogP contribution < -0.4 is 0 Å². The fourth-order valence-electron chi connectivity index (χ4n) is 3.85. The molecule has 4 heteroatoms. The third-order valence-electron chi connectivity index (χ3n) is 4.78. The third kappa shape index (κ3) is 1.06. The Bertz CT molecular complexity index is 502. The number of rotatable bonds is 2. The van der Waals surface area contributed by atoms with Crippen molar-refractivity contribution in [1.82, 2.24) is 0 Å². The predicted octanol–water partition coefficient (Wildman–Crippen LogP) is 1.47. The minimum absolute atomic E-state index is 0.0854. The first-order valence-corrected chi connectivity index (χ1v) is 6.15. The van der Waals surface area contributed by atoms with E-state index < -0.39 is 5.41 Å². The fraction of sp³-hybridized carbons (Fsp3) is 0.571. The van der Waals surface area contributed by atoms with E-state index in [9.17, 15) is 9.59 Å². The van der Waals surface area contributed by atoms with Crippen molar-refractivity contribution in [2.24, 2.45) is 23.2 Å². The van der Waals surface area contributed by atoms with E-state index in [2.05, 4.69) is 12.2 Å². The lowest BCUT2D eigenvalue weighted by atomic mass is 9.67. The van der Waals surface area contributed by atoms with Gasteiger partial charge in [-0.1, -0.05) is 19.1 Å². The number of Topliss-reactive ketones (excluding diaryl/α,β-unsaturated/α-hetero) is 2. The zero-order valence-corrected chi connectivity index (χ0v) is 10.7. The van der Waals surface area contributed by atoms with E-state index in [-0.39, 0.29) is 40.8 Å². The topological polar surface area (TPSA) is 52.6 Å². The van der Waals surface area contributed by atoms with Gasteiger partial charge in [0.25, 0.3) is 0 Å². The van der Waals surface area contributed by atoms with Gasteiger partial charge in [0.1, 0.15) is 0 Å². The lowest BCUT2D eigenvalue weighted by Gasteiger charge is -2.40. The molecule has 2 unspecified atom stereocenters. The van der Waals surface area contributed by atoms with Gasteiger partial charge in [0.15, 0.2) is 0 Å². The van der Waals surface area contributed by atoms with Gasteiger partial charge in [0, 0.05) is 5.92 Å². The van der Waals surface area contributed by atoms with Crippen molar-refractivity contribution in [3.8, 4) is 0 Å². The van der Waals surface area contributed by atoms with Crippen molar-refractivity contribution in [3.05, 3.63) is 23.7 Å². The van der Waals surface area contributed by atoms with E-state index in [0.29, 0.717) is 0 Å². The third-order valence-corrected chi connectivity index (χ3v) is 4.78. The molecule has 3 aliphatic rings. The standard InChI is InChI=1S/C14H16O4/c1-14-8-5-4-7(6-8)9(14)10(15)11(17-2)12(18-3)13(14)16/h4-5,7-9H,6H2,1-3H3/t7-,8+,9?,14?/m1/s1/i10+1. The lowest BCUT2D eigenvalue weighted by molar-refractivity contribution is -0.143. The van der Waals surface area contributed by atoms with Gasteiger partial charge in [0.2, 0.25) is 23.1 Å². The van der Waals surface area contributed by atoms with Crippen LogP contribution in [0.2, 0.25) is 0 Å². The van der Waals surface area contributed by atoms with Gasteiger partial charge in [-0.2, -0.15) is 0 Å². The van der Waals surface area contributed by atoms with E-state index in [0.717, 1.165) is 6.42 Å². The zero-order valence-electron chi connectivity index (χ0n) is 10.7. The molecule has 0 radical (unpaired) electrons. The molecule has 2 bridgehead atoms. The Morgan fingerprint density at radius 3 is 2.44 bits per heavy atom. The quantitative estimate of drug-likeness (QED) is 0.549. The van der Waals surface area contributed by atoms with Crippen LogP contribution in [0.15, 0.2) is 23.7 Å². The lowest BCUT2D eigenvalue weighted by Crippen LogP contribution is -2.49. The minimum Gasteiger partial charge on any atom is -0.490 e. The van der Waals surface area contributed by atoms with E-state index >= 15 is 0 Å². The fourth-order valence-corrected chi connectivity index (χ4v) is 3.85. The predicted molar refractivity (Wildman–Crippen MR) is 63.4 cm³/mol. The Hall–Kier alpha value is -1.58. The van der Waals surface area contributed by atoms with Crippen LogP contribution >= 0.6 is 0 Å². The highest BCUT2D eigenvalue weighted by Crippen LogP contribution is 2.60. The van der Waals surface area contributed by atoms with Gasteiger partial charge in [-0.05, 0) is 18.3 Å². The first-order chi connectivity index (χ1) is 8.55. The maximum absolute atomic E-state index is 12.6. The average molecular weight is 249 g/mol. The van der Waals surface area contributed by atoms with E-state index in [1.165, 1.54) is 14.2 Å². The first kappa shape index (κ1) is 11.5. The summed E-state index contributed by atoms with van der Waals surface area (Å²) in [4.78, 5) is 25.1. The molecule has 0 aromatic heterocycles. The van der Waals surface area contributed by atoms with E-state index in [1.54, 1.807) is 0 Å². The van der Waals surface area contributed by atoms with E-state index in [4.69, 9.17) is 9.47 Å². The molecular weight excluding hydrogens is 233 g/mol. The second-order valence-corrected chi connectivity index (χ2v) is 5.41. The molecule has 4 atom stereocenters. The highest BCUT2D eigenvalue weighted by molar-refractivity contribution is 6.14. The molecule has 3 aliphatic carbocycles. The molecule has 4 nitrogen and oxygen atoms in total. The van der Waals surface area contributed by atoms with Crippen molar-refractivity contribution < 1.29 is 19.1 Å². The molecule has 0 amide bonds. The molecule has 3 rings (SSSR count). The summed E-state index contributed by atoms with van der Waals surface area (Å²) in [6.45, 7) is 1.89. The summed E-state index contributed by atoms with van der Waals surface area (Å²) in [6.07, 6.45) is 5.01. The number of allylic oxidation sites excluding steroid dienone is 4. The van der Waals surface area contributed by atoms with Gasteiger partial charge < -0.3 is 9.47 Å². The monoisotopic (exact) mass is 249 g/mol. The minimum atomic E-state index is -0.649. The molecule has 0 spiro atoms. The first-order valence-electron chi connectivity index (χ1n) is 6.15. The molecule has 1 saturated carbocycles. The molecule has 96 valence electrons. The Kier molecular flexibility index (Phi) is 2.22. The van der Waals surface area contributed by atoms with Gasteiger partial charge in [-0.25, -0.2) is 0 Å². The van der Waals surface area contributed by atoms with Gasteiger partial charge >= 0.3 is 0 Å². The summed E-state index contributed by atoms with van der Waals surface area (Å²) in [5.41, 5.74) is -0.649. The number of carbonyl (C=O) groups excluding carboxylic acids is 2. The number of hydrogen-bond donors (Lipinski definition) is 0. The molecule has 0 aromatic rings. The highest BCUT2D eigenvalue weighted by atomic mass is 16.5. The molecule has 0 N–H and O–H groups in total. The molecule has 0 aliphatic heterocycles. The number of ether oxygens (including phenoxy) is 2. The van der Waals surface area contributed by atoms with Crippen LogP contribution in [0.5, 0.6) is 0 Å². The maximum Gasteiger partial charge on any atom is 0.208 e. The molecule has 0 heterocycles. The summed E-state index contributed by atoms with van der Waals surface area (Å²) in [7, 11) is 2.82. The average Bonchev–Trinajstić information content (AvgIpc) is 2.93. The maximum atomic E-state index is 12.6. The summed E-state index contributed by atoms with van der Waals surface area (Å²) in [5, 5.41) is 0. The molecule has 1 fully saturated rings. The van der Waals surface area contributed by atoms with Crippen LogP contribution in [-0.4, -0.2) is 25.8 Å². The van der Waals surface area contributed by atoms with Gasteiger partial charge in [0.05, 0.1) is 19.6 Å². The Morgan fingerprint density at radius 1 is 1.17 bits per heavy atom. The summed E-state index contributed by atoms with van der Waals surface area (Å²) in [6, 6.07) is 0. The molecule has 0 saturated heterocycles. The van der Waals surface area contributed by atoms with Crippen molar-refractivity contribution in [3.63, 3.8) is 0 Å². The molecular formula is C14H16O4. The van der Waals surface area contributed by atoms with Gasteiger partial charge in [-0.15, -0.1) is 0 Å². The SMILES string of the molecule is COC1=C(OC)[13C](=O)C2[C@@H]3C=C[C@@H](C3)C2(C)C1=O. The van der Waals surface area contributed by atoms with E-state index in [1.807, 2.05) is 6.92 Å². The molecule has 18 heavy (non-hydrogen) atoms. The van der Waals surface area contributed by atoms with Crippen LogP contribution in [0.4, 0.5) is 0 Å². The number of carbonyl (C=O) groups is 2. The van der Waals surface area contributed by atoms with Crippen LogP contribution in [0, 0.1) is 23.2 Å². The number of ketones is 2. The van der Waals surface area contributed by atoms with Crippen LogP contribution in [0.25, 0.3) is 0 Å². The van der Waals surface area contributed by atoms with Crippen LogP contribution in [-0.2, 0) is 19.1 Å². The van der Waals surface area contributed by atoms with Crippen molar-refractivity contribution >= 4 is 11.6 Å². The smallest absolute Gasteiger partial charge is 0.208 e. The Morgan fingerprint density at radius 2 is 1.83 bits per heavy atom. The zero-order chi connectivity index (χ0) is 13.1. The highest BCUT2D eigenvalue weighted by Gasteiger charge is 2.64. The Balaban J connectivity index is 2.18. The van der Waals surface area contributed by atoms with Crippen LogP contribution in [0.3, 0.4) is 0 Å². The van der Waals surface area contributed by atoms with Crippen molar-refractivity contribution in [2.45, 2.75) is 13.3 Å². The number of methoxy groups -OCH3 is 2. The van der Waals surface area contributed by atoms with Crippen LogP contribution in [0.1, 0.15) is 13.3 Å². The van der Waals surface area contributed by atoms with Crippen molar-refractivity contribution in [2.75, 3.05) is 14.2 Å². The Labute approximate surface area is 106 Å². The largest absolute Gasteiger partial charge is 0.490 e. The van der Waals surface area contributed by atoms with Gasteiger partial charge in [-0.3, -0.25) is 9.59 Å². The van der Waals surface area contributed by atoms with Crippen molar-refractivity contribution in [1.29, 1.82) is 0 Å². The normalized spacial score (nSPS) is 41.4. The number of fused-ring (bicyclic) bond motifs is 5. The second kappa shape index (κ2) is 3.46. The summed E-state index contributed by atoms with van der Waals surface area (Å²) in [5.74, 6) is 0.0195. The summed E-state index contributed by atoms with van der Waals surface area (Å²) < 4.78 is 10.2. The second-order valence-electron chi connectivity index (χ2n) is 5.41. The summed E-state index contributed by atoms with van der Waals surface area (Å²) >= 11 is 0.